The summed E-state index contributed by atoms with van der Waals surface area (Å²) in [5, 5.41) is 2.95. The number of rotatable bonds is 5. The average molecular weight is 453 g/mol. The molecule has 1 aromatic heterocycles. The van der Waals surface area contributed by atoms with Gasteiger partial charge in [0.1, 0.15) is 17.1 Å². The Kier molecular flexibility index (Phi) is 5.75. The Morgan fingerprint density at radius 2 is 2.19 bits per heavy atom. The number of aromatic nitrogens is 2. The topological polar surface area (TPSA) is 112 Å². The fraction of sp³-hybridized carbons (Fsp3) is 0.368. The molecule has 1 amide bonds. The van der Waals surface area contributed by atoms with E-state index in [4.69, 9.17) is 10.5 Å². The third-order valence-electron chi connectivity index (χ3n) is 5.23. The highest BCUT2D eigenvalue weighted by molar-refractivity contribution is 8.13. The normalized spacial score (nSPS) is 25.1. The van der Waals surface area contributed by atoms with Gasteiger partial charge in [-0.05, 0) is 25.1 Å². The number of carbonyl (C=O) groups is 1. The van der Waals surface area contributed by atoms with Crippen molar-refractivity contribution in [2.75, 3.05) is 17.7 Å². The number of fused-ring (bicyclic) bond motifs is 1. The Labute approximate surface area is 179 Å². The van der Waals surface area contributed by atoms with Crippen molar-refractivity contribution < 1.29 is 27.4 Å². The number of amidine groups is 1. The van der Waals surface area contributed by atoms with E-state index in [1.54, 1.807) is 0 Å². The van der Waals surface area contributed by atoms with Crippen LogP contribution in [0.4, 0.5) is 18.9 Å². The molecule has 3 atom stereocenters. The summed E-state index contributed by atoms with van der Waals surface area (Å²) in [6.07, 6.45) is 1.78. The van der Waals surface area contributed by atoms with Gasteiger partial charge in [0.05, 0.1) is 25.1 Å². The number of nitrogens with one attached hydrogen (secondary N) is 1. The van der Waals surface area contributed by atoms with E-state index >= 15 is 0 Å². The molecule has 0 saturated carbocycles. The van der Waals surface area contributed by atoms with Crippen molar-refractivity contribution in [1.82, 2.24) is 9.97 Å². The van der Waals surface area contributed by atoms with Crippen molar-refractivity contribution in [2.45, 2.75) is 25.2 Å². The van der Waals surface area contributed by atoms with Gasteiger partial charge >= 0.3 is 6.61 Å². The summed E-state index contributed by atoms with van der Waals surface area (Å²) in [6.45, 7) is -0.967. The molecule has 12 heteroatoms. The predicted molar refractivity (Wildman–Crippen MR) is 108 cm³/mol. The molecule has 4 rings (SSSR count). The first-order valence-corrected chi connectivity index (χ1v) is 10.2. The summed E-state index contributed by atoms with van der Waals surface area (Å²) in [7, 11) is 0. The SMILES string of the molecule is C[C@@H]1OC[C@@]2(c3cc(NC(=O)c4cnc(OC(F)F)cn4)ccc3F)N=C(N)SC[C@H]12. The standard InChI is InChI=1S/C19H18F3N5O3S/c1-9-12-7-31-18(23)27-19(12,8-29-9)11-4-10(2-3-13(11)20)26-16(28)14-5-25-15(6-24-14)30-17(21)22/h2-6,9,12,17H,7-8H2,1H3,(H2,23,27)(H,26,28)/t9-,12+,19-/m0/s1. The third-order valence-corrected chi connectivity index (χ3v) is 6.14. The Bertz CT molecular complexity index is 1020. The molecule has 2 aliphatic rings. The number of halogens is 3. The summed E-state index contributed by atoms with van der Waals surface area (Å²) < 4.78 is 49.2. The molecule has 2 aromatic rings. The van der Waals surface area contributed by atoms with Gasteiger partial charge in [-0.1, -0.05) is 11.8 Å². The van der Waals surface area contributed by atoms with Gasteiger partial charge in [0.25, 0.3) is 5.91 Å². The molecule has 164 valence electrons. The lowest BCUT2D eigenvalue weighted by Gasteiger charge is -2.35. The fourth-order valence-corrected chi connectivity index (χ4v) is 4.84. The monoisotopic (exact) mass is 453 g/mol. The second-order valence-corrected chi connectivity index (χ2v) is 8.12. The van der Waals surface area contributed by atoms with Crippen molar-refractivity contribution >= 4 is 28.5 Å². The zero-order valence-electron chi connectivity index (χ0n) is 16.2. The van der Waals surface area contributed by atoms with Gasteiger partial charge in [-0.2, -0.15) is 8.78 Å². The maximum atomic E-state index is 14.9. The van der Waals surface area contributed by atoms with Gasteiger partial charge in [0, 0.05) is 22.9 Å². The first kappa shape index (κ1) is 21.4. The summed E-state index contributed by atoms with van der Waals surface area (Å²) in [4.78, 5) is 24.4. The Morgan fingerprint density at radius 3 is 2.90 bits per heavy atom. The third kappa shape index (κ3) is 4.17. The molecule has 1 aromatic carbocycles. The molecule has 31 heavy (non-hydrogen) atoms. The molecule has 1 saturated heterocycles. The average Bonchev–Trinajstić information content (AvgIpc) is 3.06. The van der Waals surface area contributed by atoms with E-state index in [1.807, 2.05) is 6.92 Å². The van der Waals surface area contributed by atoms with E-state index in [0.717, 1.165) is 12.4 Å². The maximum absolute atomic E-state index is 14.9. The van der Waals surface area contributed by atoms with E-state index in [1.165, 1.54) is 30.0 Å². The summed E-state index contributed by atoms with van der Waals surface area (Å²) in [5.74, 6) is -1.01. The first-order valence-electron chi connectivity index (χ1n) is 9.26. The minimum absolute atomic E-state index is 0.0847. The van der Waals surface area contributed by atoms with Crippen LogP contribution in [0.1, 0.15) is 23.0 Å². The quantitative estimate of drug-likeness (QED) is 0.716. The van der Waals surface area contributed by atoms with Crippen molar-refractivity contribution in [1.29, 1.82) is 0 Å². The molecule has 3 N–H and O–H groups in total. The zero-order chi connectivity index (χ0) is 22.2. The Morgan fingerprint density at radius 1 is 1.39 bits per heavy atom. The fourth-order valence-electron chi connectivity index (χ4n) is 3.72. The van der Waals surface area contributed by atoms with Gasteiger partial charge in [-0.25, -0.2) is 19.4 Å². The molecular weight excluding hydrogens is 435 g/mol. The van der Waals surface area contributed by atoms with Crippen molar-refractivity contribution in [3.8, 4) is 5.88 Å². The van der Waals surface area contributed by atoms with E-state index in [-0.39, 0.29) is 29.9 Å². The highest BCUT2D eigenvalue weighted by Gasteiger charge is 2.52. The van der Waals surface area contributed by atoms with E-state index in [9.17, 15) is 18.0 Å². The van der Waals surface area contributed by atoms with Crippen LogP contribution < -0.4 is 15.8 Å². The second-order valence-electron chi connectivity index (χ2n) is 7.08. The van der Waals surface area contributed by atoms with Crippen molar-refractivity contribution in [3.05, 3.63) is 47.7 Å². The molecule has 0 aliphatic carbocycles. The van der Waals surface area contributed by atoms with E-state index in [2.05, 4.69) is 25.0 Å². The highest BCUT2D eigenvalue weighted by Crippen LogP contribution is 2.48. The largest absolute Gasteiger partial charge is 0.415 e. The van der Waals surface area contributed by atoms with Gasteiger partial charge < -0.3 is 20.5 Å². The molecule has 3 heterocycles. The molecule has 0 spiro atoms. The van der Waals surface area contributed by atoms with Crippen LogP contribution in [0.3, 0.4) is 0 Å². The minimum atomic E-state index is -3.05. The molecule has 0 bridgehead atoms. The van der Waals surface area contributed by atoms with Gasteiger partial charge in [0.2, 0.25) is 5.88 Å². The van der Waals surface area contributed by atoms with Crippen molar-refractivity contribution in [2.24, 2.45) is 16.6 Å². The molecular formula is C19H18F3N5O3S. The number of anilines is 1. The lowest BCUT2D eigenvalue weighted by molar-refractivity contribution is -0.0531. The predicted octanol–water partition coefficient (Wildman–Crippen LogP) is 2.76. The smallest absolute Gasteiger partial charge is 0.388 e. The van der Waals surface area contributed by atoms with Crippen LogP contribution in [-0.2, 0) is 10.3 Å². The lowest BCUT2D eigenvalue weighted by Crippen LogP contribution is -2.41. The summed E-state index contributed by atoms with van der Waals surface area (Å²) in [6, 6.07) is 4.13. The molecule has 1 fully saturated rings. The number of ether oxygens (including phenoxy) is 2. The molecule has 0 unspecified atom stereocenters. The van der Waals surface area contributed by atoms with Gasteiger partial charge in [0.15, 0.2) is 5.17 Å². The van der Waals surface area contributed by atoms with Gasteiger partial charge in [-0.15, -0.1) is 0 Å². The van der Waals surface area contributed by atoms with E-state index < -0.39 is 29.8 Å². The van der Waals surface area contributed by atoms with Crippen LogP contribution >= 0.6 is 11.8 Å². The zero-order valence-corrected chi connectivity index (χ0v) is 17.0. The van der Waals surface area contributed by atoms with Crippen LogP contribution in [0.15, 0.2) is 35.6 Å². The number of hydrogen-bond donors (Lipinski definition) is 2. The molecule has 2 aliphatic heterocycles. The van der Waals surface area contributed by atoms with Crippen LogP contribution in [0.25, 0.3) is 0 Å². The number of amides is 1. The second kappa shape index (κ2) is 8.35. The molecule has 8 nitrogen and oxygen atoms in total. The lowest BCUT2D eigenvalue weighted by atomic mass is 9.79. The van der Waals surface area contributed by atoms with Crippen LogP contribution in [0, 0.1) is 11.7 Å². The number of carbonyl (C=O) groups excluding carboxylic acids is 1. The van der Waals surface area contributed by atoms with Crippen LogP contribution in [0.2, 0.25) is 0 Å². The number of alkyl halides is 2. The number of thioether (sulfide) groups is 1. The van der Waals surface area contributed by atoms with Crippen LogP contribution in [0.5, 0.6) is 5.88 Å². The number of nitrogens with zero attached hydrogens (tertiary/aromatic N) is 3. The van der Waals surface area contributed by atoms with Crippen LogP contribution in [-0.4, -0.2) is 46.1 Å². The minimum Gasteiger partial charge on any atom is -0.415 e. The van der Waals surface area contributed by atoms with Gasteiger partial charge in [-0.3, -0.25) is 4.79 Å². The Balaban J connectivity index is 1.60. The van der Waals surface area contributed by atoms with Crippen molar-refractivity contribution in [3.63, 3.8) is 0 Å². The molecule has 0 radical (unpaired) electrons. The Hall–Kier alpha value is -2.86. The maximum Gasteiger partial charge on any atom is 0.388 e. The number of hydrogen-bond acceptors (Lipinski definition) is 8. The summed E-state index contributed by atoms with van der Waals surface area (Å²) >= 11 is 1.40. The number of aliphatic imine (C=N–C) groups is 1. The number of benzene rings is 1. The summed E-state index contributed by atoms with van der Waals surface area (Å²) in [5.41, 5.74) is 5.41. The first-order chi connectivity index (χ1) is 14.8. The number of nitrogens with two attached hydrogens (primary N) is 1. The highest BCUT2D eigenvalue weighted by atomic mass is 32.2. The van der Waals surface area contributed by atoms with E-state index in [0.29, 0.717) is 16.6 Å².